The van der Waals surface area contributed by atoms with Crippen molar-refractivity contribution in [3.8, 4) is 17.2 Å². The summed E-state index contributed by atoms with van der Waals surface area (Å²) in [7, 11) is 4.43. The average Bonchev–Trinajstić information content (AvgIpc) is 2.71. The Morgan fingerprint density at radius 3 is 2.21 bits per heavy atom. The molecule has 29 heavy (non-hydrogen) atoms. The van der Waals surface area contributed by atoms with E-state index in [4.69, 9.17) is 38.0 Å². The van der Waals surface area contributed by atoms with Crippen LogP contribution in [0.3, 0.4) is 0 Å². The van der Waals surface area contributed by atoms with Gasteiger partial charge in [0, 0.05) is 12.1 Å². The topological polar surface area (TPSA) is 77.1 Å². The van der Waals surface area contributed by atoms with Gasteiger partial charge in [-0.2, -0.15) is 0 Å². The van der Waals surface area contributed by atoms with Crippen LogP contribution in [0, 0.1) is 0 Å². The Balaban J connectivity index is 2.14. The predicted octanol–water partition coefficient (Wildman–Crippen LogP) is 3.20. The molecule has 1 fully saturated rings. The van der Waals surface area contributed by atoms with E-state index in [1.54, 1.807) is 36.4 Å². The first-order valence-corrected chi connectivity index (χ1v) is 9.15. The lowest BCUT2D eigenvalue weighted by Gasteiger charge is -2.29. The van der Waals surface area contributed by atoms with Gasteiger partial charge in [-0.05, 0) is 30.4 Å². The average molecular weight is 433 g/mol. The molecule has 0 aliphatic carbocycles. The van der Waals surface area contributed by atoms with E-state index in [0.29, 0.717) is 33.5 Å². The summed E-state index contributed by atoms with van der Waals surface area (Å²) in [5.74, 6) is -0.0207. The SMILES string of the molecule is COc1cc(OC)c(/C=C2\C(=O)NC(=S)N(c3ccccc3Cl)C2=O)c(OC)c1. The molecule has 0 bridgehead atoms. The van der Waals surface area contributed by atoms with Gasteiger partial charge in [0.15, 0.2) is 5.11 Å². The van der Waals surface area contributed by atoms with Crippen molar-refractivity contribution in [2.75, 3.05) is 26.2 Å². The molecule has 150 valence electrons. The Morgan fingerprint density at radius 2 is 1.66 bits per heavy atom. The van der Waals surface area contributed by atoms with Gasteiger partial charge in [-0.25, -0.2) is 0 Å². The van der Waals surface area contributed by atoms with Gasteiger partial charge in [0.05, 0.1) is 37.6 Å². The molecule has 1 aliphatic rings. The highest BCUT2D eigenvalue weighted by Gasteiger charge is 2.35. The molecule has 0 aromatic heterocycles. The third-order valence-electron chi connectivity index (χ3n) is 4.24. The van der Waals surface area contributed by atoms with Crippen molar-refractivity contribution in [1.29, 1.82) is 0 Å². The fraction of sp³-hybridized carbons (Fsp3) is 0.150. The highest BCUT2D eigenvalue weighted by molar-refractivity contribution is 7.80. The molecular weight excluding hydrogens is 416 g/mol. The summed E-state index contributed by atoms with van der Waals surface area (Å²) >= 11 is 11.4. The molecule has 9 heteroatoms. The molecule has 1 heterocycles. The smallest absolute Gasteiger partial charge is 0.270 e. The largest absolute Gasteiger partial charge is 0.496 e. The lowest BCUT2D eigenvalue weighted by atomic mass is 10.0. The fourth-order valence-corrected chi connectivity index (χ4v) is 3.32. The van der Waals surface area contributed by atoms with Gasteiger partial charge in [0.2, 0.25) is 0 Å². The minimum absolute atomic E-state index is 0.0566. The van der Waals surface area contributed by atoms with E-state index in [-0.39, 0.29) is 10.7 Å². The molecule has 1 aliphatic heterocycles. The number of carbonyl (C=O) groups is 2. The minimum atomic E-state index is -0.636. The summed E-state index contributed by atoms with van der Waals surface area (Å²) in [5, 5.41) is 2.78. The van der Waals surface area contributed by atoms with E-state index in [1.807, 2.05) is 0 Å². The predicted molar refractivity (Wildman–Crippen MR) is 114 cm³/mol. The van der Waals surface area contributed by atoms with Crippen LogP contribution in [0.2, 0.25) is 5.02 Å². The number of carbonyl (C=O) groups excluding carboxylic acids is 2. The first-order chi connectivity index (χ1) is 13.9. The Bertz CT molecular complexity index is 1010. The van der Waals surface area contributed by atoms with E-state index in [2.05, 4.69) is 5.32 Å². The number of hydrogen-bond acceptors (Lipinski definition) is 6. The molecule has 2 aromatic rings. The first kappa shape index (κ1) is 20.6. The van der Waals surface area contributed by atoms with Crippen molar-refractivity contribution in [2.24, 2.45) is 0 Å². The second-order valence-corrected chi connectivity index (χ2v) is 6.65. The highest BCUT2D eigenvalue weighted by atomic mass is 35.5. The summed E-state index contributed by atoms with van der Waals surface area (Å²) in [6.07, 6.45) is 1.39. The van der Waals surface area contributed by atoms with Gasteiger partial charge in [-0.1, -0.05) is 23.7 Å². The molecule has 1 saturated heterocycles. The summed E-state index contributed by atoms with van der Waals surface area (Å²) in [5.41, 5.74) is 0.616. The zero-order chi connectivity index (χ0) is 21.1. The van der Waals surface area contributed by atoms with Crippen LogP contribution in [-0.2, 0) is 9.59 Å². The monoisotopic (exact) mass is 432 g/mol. The van der Waals surface area contributed by atoms with Gasteiger partial charge in [-0.3, -0.25) is 19.8 Å². The quantitative estimate of drug-likeness (QED) is 0.444. The van der Waals surface area contributed by atoms with Crippen molar-refractivity contribution in [1.82, 2.24) is 5.32 Å². The van der Waals surface area contributed by atoms with Gasteiger partial charge < -0.3 is 14.2 Å². The van der Waals surface area contributed by atoms with Crippen LogP contribution >= 0.6 is 23.8 Å². The number of nitrogens with one attached hydrogen (secondary N) is 1. The van der Waals surface area contributed by atoms with Crippen molar-refractivity contribution >= 4 is 52.5 Å². The zero-order valence-corrected chi connectivity index (χ0v) is 17.4. The minimum Gasteiger partial charge on any atom is -0.496 e. The van der Waals surface area contributed by atoms with Crippen LogP contribution in [0.15, 0.2) is 42.0 Å². The van der Waals surface area contributed by atoms with E-state index in [9.17, 15) is 9.59 Å². The molecule has 2 amide bonds. The molecule has 0 unspecified atom stereocenters. The number of para-hydroxylation sites is 1. The van der Waals surface area contributed by atoms with E-state index >= 15 is 0 Å². The highest BCUT2D eigenvalue weighted by Crippen LogP contribution is 2.37. The van der Waals surface area contributed by atoms with Gasteiger partial charge in [0.25, 0.3) is 11.8 Å². The number of amides is 2. The second-order valence-electron chi connectivity index (χ2n) is 5.85. The lowest BCUT2D eigenvalue weighted by molar-refractivity contribution is -0.122. The number of benzene rings is 2. The molecule has 7 nitrogen and oxygen atoms in total. The number of halogens is 1. The van der Waals surface area contributed by atoms with Crippen LogP contribution in [0.5, 0.6) is 17.2 Å². The number of anilines is 1. The number of nitrogens with zero attached hydrogens (tertiary/aromatic N) is 1. The van der Waals surface area contributed by atoms with E-state index < -0.39 is 11.8 Å². The van der Waals surface area contributed by atoms with Gasteiger partial charge in [0.1, 0.15) is 22.8 Å². The van der Waals surface area contributed by atoms with Crippen molar-refractivity contribution in [3.05, 3.63) is 52.6 Å². The summed E-state index contributed by atoms with van der Waals surface area (Å²) < 4.78 is 16.0. The molecular formula is C20H17ClN2O5S. The molecule has 0 spiro atoms. The van der Waals surface area contributed by atoms with Crippen molar-refractivity contribution in [2.45, 2.75) is 0 Å². The van der Waals surface area contributed by atoms with E-state index in [1.165, 1.54) is 32.3 Å². The fourth-order valence-electron chi connectivity index (χ4n) is 2.83. The Kier molecular flexibility index (Phi) is 6.05. The number of hydrogen-bond donors (Lipinski definition) is 1. The van der Waals surface area contributed by atoms with Crippen LogP contribution in [0.1, 0.15) is 5.56 Å². The Labute approximate surface area is 177 Å². The second kappa shape index (κ2) is 8.50. The lowest BCUT2D eigenvalue weighted by Crippen LogP contribution is -2.54. The maximum absolute atomic E-state index is 13.2. The van der Waals surface area contributed by atoms with Crippen LogP contribution in [-0.4, -0.2) is 38.3 Å². The Hall–Kier alpha value is -3.10. The third kappa shape index (κ3) is 3.90. The Morgan fingerprint density at radius 1 is 1.03 bits per heavy atom. The number of rotatable bonds is 5. The molecule has 0 radical (unpaired) electrons. The summed E-state index contributed by atoms with van der Waals surface area (Å²) in [4.78, 5) is 26.9. The standard InChI is InChI=1S/C20H17ClN2O5S/c1-26-11-8-16(27-2)12(17(9-11)28-3)10-13-18(24)22-20(29)23(19(13)25)15-7-5-4-6-14(15)21/h4-10H,1-3H3,(H,22,24,29)/b13-10+. The zero-order valence-electron chi connectivity index (χ0n) is 15.8. The van der Waals surface area contributed by atoms with Crippen molar-refractivity contribution in [3.63, 3.8) is 0 Å². The first-order valence-electron chi connectivity index (χ1n) is 8.37. The van der Waals surface area contributed by atoms with Gasteiger partial charge >= 0.3 is 0 Å². The molecule has 0 atom stereocenters. The van der Waals surface area contributed by atoms with Gasteiger partial charge in [-0.15, -0.1) is 0 Å². The maximum atomic E-state index is 13.2. The maximum Gasteiger partial charge on any atom is 0.270 e. The van der Waals surface area contributed by atoms with Crippen LogP contribution < -0.4 is 24.4 Å². The number of methoxy groups -OCH3 is 3. The molecule has 3 rings (SSSR count). The number of ether oxygens (including phenoxy) is 3. The number of thiocarbonyl (C=S) groups is 1. The summed E-state index contributed by atoms with van der Waals surface area (Å²) in [6.45, 7) is 0. The normalized spacial score (nSPS) is 15.4. The third-order valence-corrected chi connectivity index (χ3v) is 4.84. The van der Waals surface area contributed by atoms with E-state index in [0.717, 1.165) is 0 Å². The van der Waals surface area contributed by atoms with Crippen molar-refractivity contribution < 1.29 is 23.8 Å². The van der Waals surface area contributed by atoms with Crippen LogP contribution in [0.25, 0.3) is 6.08 Å². The molecule has 1 N–H and O–H groups in total. The molecule has 0 saturated carbocycles. The van der Waals surface area contributed by atoms with Crippen LogP contribution in [0.4, 0.5) is 5.69 Å². The molecule has 2 aromatic carbocycles. The summed E-state index contributed by atoms with van der Waals surface area (Å²) in [6, 6.07) is 9.95.